The number of anilines is 1. The molecule has 1 aliphatic heterocycles. The van der Waals surface area contributed by atoms with Gasteiger partial charge in [-0.2, -0.15) is 0 Å². The highest BCUT2D eigenvalue weighted by atomic mass is 19.1. The third kappa shape index (κ3) is 6.64. The second-order valence-corrected chi connectivity index (χ2v) is 10.8. The van der Waals surface area contributed by atoms with Crippen molar-refractivity contribution in [2.45, 2.75) is 83.1 Å². The van der Waals surface area contributed by atoms with Crippen LogP contribution < -0.4 is 10.6 Å². The minimum Gasteiger partial charge on any atom is -0.382 e. The molecule has 1 aromatic carbocycles. The number of likely N-dealkylation sites (tertiary alicyclic amines) is 1. The Balaban J connectivity index is 1.37. The number of halogens is 2. The molecule has 3 atom stereocenters. The largest absolute Gasteiger partial charge is 0.382 e. The Kier molecular flexibility index (Phi) is 9.35. The van der Waals surface area contributed by atoms with Crippen LogP contribution in [-0.4, -0.2) is 71.4 Å². The summed E-state index contributed by atoms with van der Waals surface area (Å²) in [6, 6.07) is 1.70. The third-order valence-corrected chi connectivity index (χ3v) is 7.62. The molecule has 1 unspecified atom stereocenters. The molecule has 1 aromatic heterocycles. The summed E-state index contributed by atoms with van der Waals surface area (Å²) in [5.41, 5.74) is 0.269. The van der Waals surface area contributed by atoms with Crippen molar-refractivity contribution in [2.24, 2.45) is 0 Å². The normalized spacial score (nSPS) is 19.8. The zero-order valence-corrected chi connectivity index (χ0v) is 23.1. The topological polar surface area (TPSA) is 97.7 Å². The highest BCUT2D eigenvalue weighted by molar-refractivity contribution is 5.94. The predicted octanol–water partition coefficient (Wildman–Crippen LogP) is 3.37. The van der Waals surface area contributed by atoms with E-state index < -0.39 is 23.2 Å². The van der Waals surface area contributed by atoms with E-state index >= 15 is 0 Å². The van der Waals surface area contributed by atoms with Gasteiger partial charge in [0.2, 0.25) is 11.8 Å². The van der Waals surface area contributed by atoms with Gasteiger partial charge in [0, 0.05) is 38.4 Å². The van der Waals surface area contributed by atoms with Crippen molar-refractivity contribution in [2.75, 3.05) is 32.2 Å². The van der Waals surface area contributed by atoms with Gasteiger partial charge < -0.3 is 29.6 Å². The Morgan fingerprint density at radius 3 is 2.72 bits per heavy atom. The van der Waals surface area contributed by atoms with E-state index in [-0.39, 0.29) is 24.1 Å². The van der Waals surface area contributed by atoms with Crippen molar-refractivity contribution in [3.63, 3.8) is 0 Å². The number of amides is 2. The number of methoxy groups -OCH3 is 1. The van der Waals surface area contributed by atoms with Crippen molar-refractivity contribution >= 4 is 17.6 Å². The summed E-state index contributed by atoms with van der Waals surface area (Å²) in [6.07, 6.45) is 6.68. The predicted molar refractivity (Wildman–Crippen MR) is 142 cm³/mol. The first-order valence-electron chi connectivity index (χ1n) is 13.6. The molecule has 0 radical (unpaired) electrons. The molecule has 0 bridgehead atoms. The SMILES string of the molecule is CCC[C@H](N[C@H]1CCc2cc(F)cc(F)c2C1)C(=O)Nc1cn(C(C)(C)C(=O)N2CCC2OCCOC)cn1. The van der Waals surface area contributed by atoms with Crippen LogP contribution in [0.15, 0.2) is 24.7 Å². The summed E-state index contributed by atoms with van der Waals surface area (Å²) in [5, 5.41) is 6.25. The molecule has 2 heterocycles. The third-order valence-electron chi connectivity index (χ3n) is 7.62. The second-order valence-electron chi connectivity index (χ2n) is 10.8. The van der Waals surface area contributed by atoms with Crippen molar-refractivity contribution in [1.82, 2.24) is 19.8 Å². The van der Waals surface area contributed by atoms with E-state index in [1.165, 1.54) is 12.4 Å². The molecule has 2 aliphatic rings. The molecule has 39 heavy (non-hydrogen) atoms. The Morgan fingerprint density at radius 1 is 1.23 bits per heavy atom. The molecule has 214 valence electrons. The quantitative estimate of drug-likeness (QED) is 0.396. The molecule has 1 fully saturated rings. The van der Waals surface area contributed by atoms with Gasteiger partial charge >= 0.3 is 0 Å². The monoisotopic (exact) mass is 547 g/mol. The fourth-order valence-electron chi connectivity index (χ4n) is 5.20. The summed E-state index contributed by atoms with van der Waals surface area (Å²) in [7, 11) is 1.60. The van der Waals surface area contributed by atoms with Crippen LogP contribution in [-0.2, 0) is 37.4 Å². The van der Waals surface area contributed by atoms with Crippen molar-refractivity contribution in [3.05, 3.63) is 47.4 Å². The zero-order valence-electron chi connectivity index (χ0n) is 23.1. The average Bonchev–Trinajstić information content (AvgIpc) is 3.35. The van der Waals surface area contributed by atoms with E-state index in [1.807, 2.05) is 6.92 Å². The number of imidazole rings is 1. The van der Waals surface area contributed by atoms with Gasteiger partial charge in [0.1, 0.15) is 23.4 Å². The minimum atomic E-state index is -0.931. The number of benzene rings is 1. The molecule has 1 aliphatic carbocycles. The van der Waals surface area contributed by atoms with Gasteiger partial charge in [-0.05, 0) is 56.7 Å². The second kappa shape index (κ2) is 12.5. The highest BCUT2D eigenvalue weighted by Crippen LogP contribution is 2.28. The van der Waals surface area contributed by atoms with Crippen molar-refractivity contribution in [3.8, 4) is 0 Å². The van der Waals surface area contributed by atoms with E-state index in [1.54, 1.807) is 36.6 Å². The number of rotatable bonds is 12. The summed E-state index contributed by atoms with van der Waals surface area (Å²) >= 11 is 0. The first-order chi connectivity index (χ1) is 18.6. The lowest BCUT2D eigenvalue weighted by molar-refractivity contribution is -0.174. The molecule has 2 N–H and O–H groups in total. The highest BCUT2D eigenvalue weighted by Gasteiger charge is 2.41. The Hall–Kier alpha value is -2.89. The molecular formula is C28H39F2N5O4. The van der Waals surface area contributed by atoms with Crippen LogP contribution in [0, 0.1) is 11.6 Å². The lowest BCUT2D eigenvalue weighted by Crippen LogP contribution is -2.58. The number of aromatic nitrogens is 2. The van der Waals surface area contributed by atoms with Crippen molar-refractivity contribution < 1.29 is 27.8 Å². The average molecular weight is 548 g/mol. The summed E-state index contributed by atoms with van der Waals surface area (Å²) in [6.45, 7) is 7.10. The van der Waals surface area contributed by atoms with Crippen LogP contribution in [0.25, 0.3) is 0 Å². The number of aryl methyl sites for hydroxylation is 1. The zero-order chi connectivity index (χ0) is 28.2. The van der Waals surface area contributed by atoms with E-state index in [4.69, 9.17) is 9.47 Å². The smallest absolute Gasteiger partial charge is 0.250 e. The fourth-order valence-corrected chi connectivity index (χ4v) is 5.20. The molecule has 9 nitrogen and oxygen atoms in total. The van der Waals surface area contributed by atoms with Gasteiger partial charge in [0.15, 0.2) is 5.82 Å². The number of nitrogens with one attached hydrogen (secondary N) is 2. The standard InChI is InChI=1S/C28H39F2N5O4/c1-5-6-23(32-20-8-7-18-13-19(29)14-22(30)21(18)15-20)26(36)33-24-16-34(17-31-24)28(2,3)27(37)35-10-9-25(35)39-12-11-38-4/h13-14,16-17,20,23,25,32H,5-12,15H2,1-4H3,(H,33,36)/t20-,23-,25?/m0/s1. The van der Waals surface area contributed by atoms with Crippen LogP contribution >= 0.6 is 0 Å². The molecule has 2 amide bonds. The first-order valence-corrected chi connectivity index (χ1v) is 13.6. The number of hydrogen-bond donors (Lipinski definition) is 2. The van der Waals surface area contributed by atoms with Gasteiger partial charge in [-0.25, -0.2) is 13.8 Å². The maximum atomic E-state index is 14.4. The Bertz CT molecular complexity index is 1170. The van der Waals surface area contributed by atoms with Crippen LogP contribution in [0.4, 0.5) is 14.6 Å². The summed E-state index contributed by atoms with van der Waals surface area (Å²) < 4.78 is 40.4. The minimum absolute atomic E-state index is 0.0957. The Morgan fingerprint density at radius 2 is 2.03 bits per heavy atom. The number of carbonyl (C=O) groups excluding carboxylic acids is 2. The molecule has 0 spiro atoms. The molecule has 0 saturated carbocycles. The number of ether oxygens (including phenoxy) is 2. The Labute approximate surface area is 228 Å². The van der Waals surface area contributed by atoms with Gasteiger partial charge in [-0.15, -0.1) is 0 Å². The molecule has 11 heteroatoms. The molecular weight excluding hydrogens is 508 g/mol. The van der Waals surface area contributed by atoms with E-state index in [9.17, 15) is 18.4 Å². The van der Waals surface area contributed by atoms with E-state index in [2.05, 4.69) is 15.6 Å². The van der Waals surface area contributed by atoms with Gasteiger partial charge in [0.05, 0.1) is 25.6 Å². The van der Waals surface area contributed by atoms with Gasteiger partial charge in [0.25, 0.3) is 0 Å². The number of nitrogens with zero attached hydrogens (tertiary/aromatic N) is 3. The van der Waals surface area contributed by atoms with Gasteiger partial charge in [-0.3, -0.25) is 9.59 Å². The molecule has 4 rings (SSSR count). The lowest BCUT2D eigenvalue weighted by atomic mass is 9.87. The molecule has 1 saturated heterocycles. The maximum Gasteiger partial charge on any atom is 0.250 e. The van der Waals surface area contributed by atoms with Crippen LogP contribution in [0.1, 0.15) is 57.6 Å². The lowest BCUT2D eigenvalue weighted by Gasteiger charge is -2.44. The number of carbonyl (C=O) groups is 2. The van der Waals surface area contributed by atoms with Crippen LogP contribution in [0.5, 0.6) is 0 Å². The maximum absolute atomic E-state index is 14.4. The fraction of sp³-hybridized carbons (Fsp3) is 0.607. The van der Waals surface area contributed by atoms with E-state index in [0.717, 1.165) is 18.9 Å². The van der Waals surface area contributed by atoms with E-state index in [0.29, 0.717) is 62.4 Å². The van der Waals surface area contributed by atoms with Gasteiger partial charge in [-0.1, -0.05) is 13.3 Å². The summed E-state index contributed by atoms with van der Waals surface area (Å²) in [4.78, 5) is 32.5. The van der Waals surface area contributed by atoms with Crippen LogP contribution in [0.2, 0.25) is 0 Å². The first kappa shape index (κ1) is 29.1. The summed E-state index contributed by atoms with van der Waals surface area (Å²) in [5.74, 6) is -1.10. The molecule has 2 aromatic rings. The number of hydrogen-bond acceptors (Lipinski definition) is 6. The van der Waals surface area contributed by atoms with Crippen LogP contribution in [0.3, 0.4) is 0 Å². The van der Waals surface area contributed by atoms with Crippen molar-refractivity contribution in [1.29, 1.82) is 0 Å². The number of fused-ring (bicyclic) bond motifs is 1.